The van der Waals surface area contributed by atoms with E-state index in [4.69, 9.17) is 9.47 Å². The number of nitrogens with one attached hydrogen (secondary N) is 1. The number of hydrogen-bond acceptors (Lipinski definition) is 7. The molecule has 0 spiro atoms. The Kier molecular flexibility index (Phi) is 7.39. The maximum Gasteiger partial charge on any atom is 0.339 e. The molecule has 3 aromatic heterocycles. The largest absolute Gasteiger partial charge is 0.462 e. The topological polar surface area (TPSA) is 94.2 Å². The molecule has 0 unspecified atom stereocenters. The van der Waals surface area contributed by atoms with E-state index in [0.717, 1.165) is 16.1 Å². The fraction of sp³-hybridized carbons (Fsp3) is 0.200. The summed E-state index contributed by atoms with van der Waals surface area (Å²) in [5.41, 5.74) is 3.28. The zero-order chi connectivity index (χ0) is 23.0. The van der Waals surface area contributed by atoms with Crippen LogP contribution in [0.25, 0.3) is 21.8 Å². The fourth-order valence-corrected chi connectivity index (χ4v) is 4.14. The lowest BCUT2D eigenvalue weighted by Gasteiger charge is -2.11. The van der Waals surface area contributed by atoms with E-state index in [1.807, 2.05) is 42.5 Å². The van der Waals surface area contributed by atoms with Crippen molar-refractivity contribution < 1.29 is 14.3 Å². The summed E-state index contributed by atoms with van der Waals surface area (Å²) in [6.45, 7) is 2.78. The quantitative estimate of drug-likeness (QED) is 0.291. The van der Waals surface area contributed by atoms with Gasteiger partial charge in [-0.15, -0.1) is 11.3 Å². The Morgan fingerprint density at radius 1 is 1.12 bits per heavy atom. The van der Waals surface area contributed by atoms with E-state index in [9.17, 15) is 9.59 Å². The Morgan fingerprint density at radius 2 is 1.91 bits per heavy atom. The minimum absolute atomic E-state index is 0.236. The van der Waals surface area contributed by atoms with Crippen molar-refractivity contribution in [3.8, 4) is 21.8 Å². The summed E-state index contributed by atoms with van der Waals surface area (Å²) >= 11 is 1.42. The Balaban J connectivity index is 1.57. The van der Waals surface area contributed by atoms with Crippen LogP contribution in [-0.2, 0) is 22.5 Å². The van der Waals surface area contributed by atoms with Gasteiger partial charge in [0.05, 0.1) is 36.6 Å². The predicted octanol–water partition coefficient (Wildman–Crippen LogP) is 4.50. The van der Waals surface area contributed by atoms with Crippen LogP contribution in [0.4, 0.5) is 0 Å². The highest BCUT2D eigenvalue weighted by molar-refractivity contribution is 7.13. The number of esters is 1. The highest BCUT2D eigenvalue weighted by atomic mass is 32.1. The summed E-state index contributed by atoms with van der Waals surface area (Å²) in [5.74, 6) is -0.488. The zero-order valence-corrected chi connectivity index (χ0v) is 18.9. The van der Waals surface area contributed by atoms with Gasteiger partial charge in [0.2, 0.25) is 0 Å². The van der Waals surface area contributed by atoms with Crippen LogP contribution >= 0.6 is 11.3 Å². The monoisotopic (exact) mass is 461 g/mol. The van der Waals surface area contributed by atoms with Gasteiger partial charge >= 0.3 is 5.97 Å². The number of thiazole rings is 1. The number of pyridine rings is 2. The van der Waals surface area contributed by atoms with E-state index in [1.54, 1.807) is 30.8 Å². The van der Waals surface area contributed by atoms with Gasteiger partial charge in [-0.05, 0) is 30.7 Å². The van der Waals surface area contributed by atoms with Gasteiger partial charge in [-0.2, -0.15) is 0 Å². The van der Waals surface area contributed by atoms with Crippen LogP contribution in [0.15, 0.2) is 71.1 Å². The number of carbonyl (C=O) groups excluding carboxylic acids is 1. The summed E-state index contributed by atoms with van der Waals surface area (Å²) in [5, 5.41) is 2.57. The average molecular weight is 462 g/mol. The van der Waals surface area contributed by atoms with Gasteiger partial charge in [-0.1, -0.05) is 30.3 Å². The van der Waals surface area contributed by atoms with Gasteiger partial charge in [0.15, 0.2) is 0 Å². The molecule has 168 valence electrons. The Hall–Kier alpha value is -3.62. The Labute approximate surface area is 195 Å². The number of hydrogen-bond donors (Lipinski definition) is 1. The highest BCUT2D eigenvalue weighted by Gasteiger charge is 2.19. The molecule has 0 fully saturated rings. The third kappa shape index (κ3) is 5.60. The number of benzene rings is 1. The standard InChI is InChI=1S/C25H23N3O4S/c1-2-32-25(30)20-14-19(22-16-33-24(28-22)18-8-11-26-12-9-18)23(29)27-21(20)10-13-31-15-17-6-4-3-5-7-17/h3-9,11-12,14,16H,2,10,13,15H2,1H3,(H,27,29). The van der Waals surface area contributed by atoms with Crippen LogP contribution in [0.2, 0.25) is 0 Å². The molecule has 0 atom stereocenters. The van der Waals surface area contributed by atoms with Crippen molar-refractivity contribution in [1.29, 1.82) is 0 Å². The van der Waals surface area contributed by atoms with Crippen molar-refractivity contribution in [2.75, 3.05) is 13.2 Å². The molecule has 1 N–H and O–H groups in total. The van der Waals surface area contributed by atoms with Crippen LogP contribution in [0, 0.1) is 0 Å². The summed E-state index contributed by atoms with van der Waals surface area (Å²) in [6, 6.07) is 15.1. The average Bonchev–Trinajstić information content (AvgIpc) is 3.33. The number of nitrogens with zero attached hydrogens (tertiary/aromatic N) is 2. The molecule has 33 heavy (non-hydrogen) atoms. The molecule has 1 aromatic carbocycles. The van der Waals surface area contributed by atoms with E-state index < -0.39 is 5.97 Å². The second-order valence-corrected chi connectivity index (χ2v) is 8.04. The number of rotatable bonds is 9. The van der Waals surface area contributed by atoms with Crippen molar-refractivity contribution in [3.05, 3.63) is 93.5 Å². The fourth-order valence-electron chi connectivity index (χ4n) is 3.31. The lowest BCUT2D eigenvalue weighted by molar-refractivity contribution is 0.0523. The van der Waals surface area contributed by atoms with Crippen LogP contribution < -0.4 is 5.56 Å². The second-order valence-electron chi connectivity index (χ2n) is 7.19. The number of ether oxygens (including phenoxy) is 2. The van der Waals surface area contributed by atoms with Crippen LogP contribution in [0.5, 0.6) is 0 Å². The first-order chi connectivity index (χ1) is 16.2. The minimum atomic E-state index is -0.488. The number of aromatic nitrogens is 3. The van der Waals surface area contributed by atoms with Crippen LogP contribution in [0.1, 0.15) is 28.5 Å². The third-order valence-electron chi connectivity index (χ3n) is 4.93. The molecule has 7 nitrogen and oxygen atoms in total. The van der Waals surface area contributed by atoms with E-state index in [-0.39, 0.29) is 12.2 Å². The lowest BCUT2D eigenvalue weighted by atomic mass is 10.1. The molecular weight excluding hydrogens is 438 g/mol. The van der Waals surface area contributed by atoms with Crippen LogP contribution in [-0.4, -0.2) is 34.1 Å². The van der Waals surface area contributed by atoms with E-state index >= 15 is 0 Å². The van der Waals surface area contributed by atoms with E-state index in [2.05, 4.69) is 15.0 Å². The molecule has 4 rings (SSSR count). The molecule has 0 saturated carbocycles. The Bertz CT molecular complexity index is 1270. The van der Waals surface area contributed by atoms with Crippen molar-refractivity contribution in [3.63, 3.8) is 0 Å². The predicted molar refractivity (Wildman–Crippen MR) is 127 cm³/mol. The van der Waals surface area contributed by atoms with Crippen molar-refractivity contribution >= 4 is 17.3 Å². The summed E-state index contributed by atoms with van der Waals surface area (Å²) in [7, 11) is 0. The van der Waals surface area contributed by atoms with Crippen molar-refractivity contribution in [2.45, 2.75) is 20.0 Å². The molecule has 4 aromatic rings. The molecule has 0 radical (unpaired) electrons. The van der Waals surface area contributed by atoms with Gasteiger partial charge in [0.25, 0.3) is 5.56 Å². The molecule has 0 saturated heterocycles. The summed E-state index contributed by atoms with van der Waals surface area (Å²) < 4.78 is 11.0. The zero-order valence-electron chi connectivity index (χ0n) is 18.1. The maximum absolute atomic E-state index is 12.9. The van der Waals surface area contributed by atoms with Gasteiger partial charge < -0.3 is 14.5 Å². The first-order valence-electron chi connectivity index (χ1n) is 10.6. The molecule has 0 amide bonds. The van der Waals surface area contributed by atoms with Crippen molar-refractivity contribution in [1.82, 2.24) is 15.0 Å². The molecule has 3 heterocycles. The normalized spacial score (nSPS) is 10.8. The molecular formula is C25H23N3O4S. The molecule has 0 aliphatic rings. The summed E-state index contributed by atoms with van der Waals surface area (Å²) in [4.78, 5) is 37.0. The van der Waals surface area contributed by atoms with Crippen molar-refractivity contribution in [2.24, 2.45) is 0 Å². The number of H-pyrrole nitrogens is 1. The van der Waals surface area contributed by atoms with E-state index in [1.165, 1.54) is 11.3 Å². The first kappa shape index (κ1) is 22.6. The number of carbonyl (C=O) groups is 1. The minimum Gasteiger partial charge on any atom is -0.462 e. The maximum atomic E-state index is 12.9. The van der Waals surface area contributed by atoms with Gasteiger partial charge in [-0.25, -0.2) is 9.78 Å². The van der Waals surface area contributed by atoms with E-state index in [0.29, 0.717) is 42.1 Å². The molecule has 0 bridgehead atoms. The SMILES string of the molecule is CCOC(=O)c1cc(-c2csc(-c3ccncc3)n2)c(=O)[nH]c1CCOCc1ccccc1. The number of aromatic amines is 1. The first-order valence-corrected chi connectivity index (χ1v) is 11.4. The third-order valence-corrected chi connectivity index (χ3v) is 5.82. The molecule has 0 aliphatic carbocycles. The smallest absolute Gasteiger partial charge is 0.339 e. The van der Waals surface area contributed by atoms with Crippen LogP contribution in [0.3, 0.4) is 0 Å². The van der Waals surface area contributed by atoms with Gasteiger partial charge in [0, 0.05) is 35.5 Å². The second kappa shape index (κ2) is 10.8. The highest BCUT2D eigenvalue weighted by Crippen LogP contribution is 2.28. The lowest BCUT2D eigenvalue weighted by Crippen LogP contribution is -2.19. The molecule has 8 heteroatoms. The van der Waals surface area contributed by atoms with Gasteiger partial charge in [-0.3, -0.25) is 9.78 Å². The summed E-state index contributed by atoms with van der Waals surface area (Å²) in [6.07, 6.45) is 3.75. The Morgan fingerprint density at radius 3 is 2.67 bits per heavy atom. The molecule has 0 aliphatic heterocycles. The van der Waals surface area contributed by atoms with Gasteiger partial charge in [0.1, 0.15) is 5.01 Å².